The van der Waals surface area contributed by atoms with E-state index < -0.39 is 0 Å². The number of carbonyl (C=O) groups excluding carboxylic acids is 1. The molecule has 0 aliphatic carbocycles. The molecule has 2 saturated heterocycles. The lowest BCUT2D eigenvalue weighted by atomic mass is 10.1. The average molecular weight is 273 g/mol. The van der Waals surface area contributed by atoms with Crippen molar-refractivity contribution in [2.75, 3.05) is 37.6 Å². The van der Waals surface area contributed by atoms with E-state index in [-0.39, 0.29) is 11.9 Å². The Morgan fingerprint density at radius 3 is 3.10 bits per heavy atom. The van der Waals surface area contributed by atoms with Crippen LogP contribution in [0.25, 0.3) is 11.2 Å². The van der Waals surface area contributed by atoms with Crippen molar-refractivity contribution < 1.29 is 4.79 Å². The van der Waals surface area contributed by atoms with Crippen molar-refractivity contribution in [1.29, 1.82) is 0 Å². The van der Waals surface area contributed by atoms with Crippen molar-refractivity contribution in [2.24, 2.45) is 0 Å². The molecule has 4 rings (SSSR count). The lowest BCUT2D eigenvalue weighted by molar-refractivity contribution is -0.129. The summed E-state index contributed by atoms with van der Waals surface area (Å²) in [5.41, 5.74) is 1.49. The smallest absolute Gasteiger partial charge is 0.239 e. The quantitative estimate of drug-likeness (QED) is 0.691. The summed E-state index contributed by atoms with van der Waals surface area (Å²) in [4.78, 5) is 32.1. The van der Waals surface area contributed by atoms with Gasteiger partial charge in [0.2, 0.25) is 5.91 Å². The van der Waals surface area contributed by atoms with E-state index in [9.17, 15) is 4.79 Å². The molecule has 0 aromatic carbocycles. The minimum atomic E-state index is -0.0922. The van der Waals surface area contributed by atoms with Crippen molar-refractivity contribution in [3.8, 4) is 0 Å². The fourth-order valence-electron chi connectivity index (χ4n) is 2.96. The van der Waals surface area contributed by atoms with Crippen LogP contribution in [0.4, 0.5) is 5.82 Å². The van der Waals surface area contributed by atoms with E-state index in [2.05, 4.69) is 35.1 Å². The number of nitrogens with one attached hydrogen (secondary N) is 2. The van der Waals surface area contributed by atoms with Crippen LogP contribution in [0.1, 0.15) is 0 Å². The van der Waals surface area contributed by atoms with Gasteiger partial charge in [0.05, 0.1) is 6.33 Å². The van der Waals surface area contributed by atoms with Crippen LogP contribution in [0.5, 0.6) is 0 Å². The fraction of sp³-hybridized carbons (Fsp3) is 0.500. The lowest BCUT2D eigenvalue weighted by Gasteiger charge is -2.43. The maximum atomic E-state index is 12.0. The molecule has 0 spiro atoms. The van der Waals surface area contributed by atoms with Gasteiger partial charge in [0.15, 0.2) is 11.5 Å². The standard InChI is InChI=1S/C12H15N7O/c20-12-8-5-19(4-3-18(8)2-1-13-12)11-9-10(15-6-14-9)16-7-17-11/h6-8H,1-5H2,(H,13,20)(H,14,15,16,17)/t8-/m0/s1. The Kier molecular flexibility index (Phi) is 2.56. The molecule has 104 valence electrons. The van der Waals surface area contributed by atoms with Gasteiger partial charge in [0, 0.05) is 32.7 Å². The van der Waals surface area contributed by atoms with Gasteiger partial charge in [-0.3, -0.25) is 9.69 Å². The SMILES string of the molecule is O=C1NCCN2CCN(c3ncnc4nc[nH]c34)C[C@@H]12. The topological polar surface area (TPSA) is 90.0 Å². The van der Waals surface area contributed by atoms with Crippen molar-refractivity contribution in [3.63, 3.8) is 0 Å². The summed E-state index contributed by atoms with van der Waals surface area (Å²) in [6.07, 6.45) is 3.14. The van der Waals surface area contributed by atoms with Gasteiger partial charge in [-0.15, -0.1) is 0 Å². The Morgan fingerprint density at radius 1 is 1.20 bits per heavy atom. The minimum absolute atomic E-state index is 0.0922. The third kappa shape index (κ3) is 1.72. The molecule has 2 N–H and O–H groups in total. The normalized spacial score (nSPS) is 23.7. The van der Waals surface area contributed by atoms with Gasteiger partial charge in [0.1, 0.15) is 17.9 Å². The molecule has 2 aromatic heterocycles. The Morgan fingerprint density at radius 2 is 2.15 bits per heavy atom. The summed E-state index contributed by atoms with van der Waals surface area (Å²) in [7, 11) is 0. The summed E-state index contributed by atoms with van der Waals surface area (Å²) in [6.45, 7) is 4.05. The van der Waals surface area contributed by atoms with Crippen molar-refractivity contribution in [2.45, 2.75) is 6.04 Å². The Labute approximate surface area is 115 Å². The van der Waals surface area contributed by atoms with Gasteiger partial charge in [-0.05, 0) is 0 Å². The molecule has 8 heteroatoms. The molecular formula is C12H15N7O. The molecule has 2 aliphatic rings. The highest BCUT2D eigenvalue weighted by Crippen LogP contribution is 2.23. The predicted molar refractivity (Wildman–Crippen MR) is 72.3 cm³/mol. The number of rotatable bonds is 1. The number of anilines is 1. The van der Waals surface area contributed by atoms with E-state index in [4.69, 9.17) is 0 Å². The molecule has 4 heterocycles. The number of aromatic amines is 1. The molecule has 2 aliphatic heterocycles. The highest BCUT2D eigenvalue weighted by atomic mass is 16.2. The van der Waals surface area contributed by atoms with Crippen molar-refractivity contribution in [3.05, 3.63) is 12.7 Å². The van der Waals surface area contributed by atoms with E-state index in [0.717, 1.165) is 37.5 Å². The third-order valence-electron chi connectivity index (χ3n) is 3.99. The molecule has 0 saturated carbocycles. The van der Waals surface area contributed by atoms with Gasteiger partial charge in [-0.1, -0.05) is 0 Å². The largest absolute Gasteiger partial charge is 0.353 e. The van der Waals surface area contributed by atoms with Crippen molar-refractivity contribution >= 4 is 22.9 Å². The Hall–Kier alpha value is -2.22. The van der Waals surface area contributed by atoms with Crippen LogP contribution >= 0.6 is 0 Å². The second-order valence-electron chi connectivity index (χ2n) is 5.09. The van der Waals surface area contributed by atoms with Gasteiger partial charge in [-0.2, -0.15) is 0 Å². The Bertz CT molecular complexity index is 654. The van der Waals surface area contributed by atoms with Crippen LogP contribution in [-0.2, 0) is 4.79 Å². The highest BCUT2D eigenvalue weighted by molar-refractivity contribution is 5.86. The number of fused-ring (bicyclic) bond motifs is 2. The first-order chi connectivity index (χ1) is 9.83. The van der Waals surface area contributed by atoms with Crippen LogP contribution in [0, 0.1) is 0 Å². The van der Waals surface area contributed by atoms with E-state index in [0.29, 0.717) is 12.2 Å². The molecular weight excluding hydrogens is 258 g/mol. The zero-order chi connectivity index (χ0) is 13.5. The molecule has 1 atom stereocenters. The molecule has 0 unspecified atom stereocenters. The summed E-state index contributed by atoms with van der Waals surface area (Å²) in [5, 5.41) is 2.93. The first-order valence-electron chi connectivity index (χ1n) is 6.74. The van der Waals surface area contributed by atoms with E-state index >= 15 is 0 Å². The maximum Gasteiger partial charge on any atom is 0.239 e. The minimum Gasteiger partial charge on any atom is -0.353 e. The number of nitrogens with zero attached hydrogens (tertiary/aromatic N) is 5. The molecule has 2 aromatic rings. The molecule has 0 radical (unpaired) electrons. The first kappa shape index (κ1) is 11.6. The van der Waals surface area contributed by atoms with Gasteiger partial charge < -0.3 is 15.2 Å². The summed E-state index contributed by atoms with van der Waals surface area (Å²) >= 11 is 0. The number of hydrogen-bond acceptors (Lipinski definition) is 6. The molecule has 1 amide bonds. The zero-order valence-corrected chi connectivity index (χ0v) is 10.9. The molecule has 20 heavy (non-hydrogen) atoms. The first-order valence-corrected chi connectivity index (χ1v) is 6.74. The zero-order valence-electron chi connectivity index (χ0n) is 10.9. The van der Waals surface area contributed by atoms with Crippen LogP contribution in [0.2, 0.25) is 0 Å². The average Bonchev–Trinajstić information content (AvgIpc) is 2.96. The maximum absolute atomic E-state index is 12.0. The van der Waals surface area contributed by atoms with Crippen LogP contribution in [0.15, 0.2) is 12.7 Å². The number of imidazole rings is 1. The second kappa shape index (κ2) is 4.41. The number of piperazine rings is 2. The van der Waals surface area contributed by atoms with Gasteiger partial charge in [-0.25, -0.2) is 15.0 Å². The van der Waals surface area contributed by atoms with Crippen molar-refractivity contribution in [1.82, 2.24) is 30.2 Å². The van der Waals surface area contributed by atoms with E-state index in [1.165, 1.54) is 6.33 Å². The van der Waals surface area contributed by atoms with Crippen LogP contribution < -0.4 is 10.2 Å². The summed E-state index contributed by atoms with van der Waals surface area (Å²) in [5.74, 6) is 0.932. The number of carbonyl (C=O) groups is 1. The number of H-pyrrole nitrogens is 1. The number of amides is 1. The van der Waals surface area contributed by atoms with Gasteiger partial charge in [0.25, 0.3) is 0 Å². The summed E-state index contributed by atoms with van der Waals surface area (Å²) < 4.78 is 0. The second-order valence-corrected chi connectivity index (χ2v) is 5.09. The van der Waals surface area contributed by atoms with Crippen LogP contribution in [0.3, 0.4) is 0 Å². The predicted octanol–water partition coefficient (Wildman–Crippen LogP) is -1.03. The molecule has 0 bridgehead atoms. The van der Waals surface area contributed by atoms with E-state index in [1.807, 2.05) is 0 Å². The fourth-order valence-corrected chi connectivity index (χ4v) is 2.96. The third-order valence-corrected chi connectivity index (χ3v) is 3.99. The number of aromatic nitrogens is 4. The molecule has 2 fully saturated rings. The van der Waals surface area contributed by atoms with Crippen LogP contribution in [-0.4, -0.2) is 69.5 Å². The van der Waals surface area contributed by atoms with Gasteiger partial charge >= 0.3 is 0 Å². The Balaban J connectivity index is 1.66. The lowest BCUT2D eigenvalue weighted by Crippen LogP contribution is -2.64. The monoisotopic (exact) mass is 273 g/mol. The summed E-state index contributed by atoms with van der Waals surface area (Å²) in [6, 6.07) is -0.0922. The van der Waals surface area contributed by atoms with E-state index in [1.54, 1.807) is 6.33 Å². The molecule has 8 nitrogen and oxygen atoms in total. The highest BCUT2D eigenvalue weighted by Gasteiger charge is 2.35. The number of hydrogen-bond donors (Lipinski definition) is 2.